The summed E-state index contributed by atoms with van der Waals surface area (Å²) in [7, 11) is -3.69. The van der Waals surface area contributed by atoms with Gasteiger partial charge in [0.25, 0.3) is 0 Å². The number of hydrogen-bond acceptors (Lipinski definition) is 5. The lowest BCUT2D eigenvalue weighted by molar-refractivity contribution is 0.0732. The van der Waals surface area contributed by atoms with E-state index in [4.69, 9.17) is 4.84 Å². The summed E-state index contributed by atoms with van der Waals surface area (Å²) in [4.78, 5) is 6.60. The van der Waals surface area contributed by atoms with Crippen LogP contribution in [-0.2, 0) is 16.6 Å². The summed E-state index contributed by atoms with van der Waals surface area (Å²) in [6.45, 7) is 4.73. The first kappa shape index (κ1) is 20.7. The number of halogens is 2. The molecule has 1 aliphatic heterocycles. The number of piperidine rings is 1. The van der Waals surface area contributed by atoms with Crippen molar-refractivity contribution in [2.75, 3.05) is 13.1 Å². The topological polar surface area (TPSA) is 77.3 Å². The molecule has 2 atom stereocenters. The third kappa shape index (κ3) is 4.01. The van der Waals surface area contributed by atoms with Crippen LogP contribution in [0.25, 0.3) is 11.0 Å². The molecule has 7 nitrogen and oxygen atoms in total. The van der Waals surface area contributed by atoms with E-state index >= 15 is 0 Å². The first-order valence-corrected chi connectivity index (χ1v) is 11.1. The SMILES string of the molecule is CC1CC(C)CN(S(=O)(=O)c2ccc3nnn(OCc4cc(F)ccc4F)c3c2)C1. The number of benzene rings is 2. The van der Waals surface area contributed by atoms with Crippen molar-refractivity contribution in [2.24, 2.45) is 11.8 Å². The van der Waals surface area contributed by atoms with E-state index < -0.39 is 21.7 Å². The van der Waals surface area contributed by atoms with Gasteiger partial charge in [-0.1, -0.05) is 18.7 Å². The number of fused-ring (bicyclic) bond motifs is 1. The molecule has 30 heavy (non-hydrogen) atoms. The minimum absolute atomic E-state index is 0.0127. The average Bonchev–Trinajstić information content (AvgIpc) is 3.10. The molecule has 4 rings (SSSR count). The predicted octanol–water partition coefficient (Wildman–Crippen LogP) is 3.00. The molecule has 10 heteroatoms. The summed E-state index contributed by atoms with van der Waals surface area (Å²) in [5.41, 5.74) is 0.763. The zero-order valence-electron chi connectivity index (χ0n) is 16.6. The highest BCUT2D eigenvalue weighted by Gasteiger charge is 2.32. The molecular formula is C20H22F2N4O3S. The second-order valence-electron chi connectivity index (χ2n) is 7.89. The van der Waals surface area contributed by atoms with Gasteiger partial charge in [0, 0.05) is 18.7 Å². The summed E-state index contributed by atoms with van der Waals surface area (Å²) in [5, 5.41) is 7.78. The van der Waals surface area contributed by atoms with Crippen molar-refractivity contribution in [3.63, 3.8) is 0 Å². The fourth-order valence-corrected chi connectivity index (χ4v) is 5.57. The minimum Gasteiger partial charge on any atom is -0.390 e. The van der Waals surface area contributed by atoms with E-state index in [-0.39, 0.29) is 28.9 Å². The molecule has 1 aromatic heterocycles. The van der Waals surface area contributed by atoms with Gasteiger partial charge < -0.3 is 4.84 Å². The molecule has 0 radical (unpaired) electrons. The van der Waals surface area contributed by atoms with Gasteiger partial charge in [0.1, 0.15) is 29.3 Å². The Morgan fingerprint density at radius 1 is 1.10 bits per heavy atom. The van der Waals surface area contributed by atoms with E-state index in [9.17, 15) is 17.2 Å². The lowest BCUT2D eigenvalue weighted by atomic mass is 9.94. The Hall–Kier alpha value is -2.59. The van der Waals surface area contributed by atoms with Crippen LogP contribution in [0.3, 0.4) is 0 Å². The average molecular weight is 436 g/mol. The maximum atomic E-state index is 13.8. The second kappa shape index (κ2) is 7.92. The van der Waals surface area contributed by atoms with Crippen LogP contribution in [0.2, 0.25) is 0 Å². The van der Waals surface area contributed by atoms with Gasteiger partial charge >= 0.3 is 0 Å². The standard InChI is InChI=1S/C20H22F2N4O3S/c1-13-7-14(2)11-25(10-13)30(27,28)17-4-6-19-20(9-17)26(24-23-19)29-12-15-8-16(21)3-5-18(15)22/h3-6,8-9,13-14H,7,10-12H2,1-2H3. The van der Waals surface area contributed by atoms with Gasteiger partial charge in [-0.25, -0.2) is 17.2 Å². The maximum Gasteiger partial charge on any atom is 0.243 e. The first-order chi connectivity index (χ1) is 14.2. The van der Waals surface area contributed by atoms with Crippen molar-refractivity contribution in [2.45, 2.75) is 31.8 Å². The predicted molar refractivity (Wildman–Crippen MR) is 106 cm³/mol. The van der Waals surface area contributed by atoms with Gasteiger partial charge in [-0.2, -0.15) is 4.31 Å². The van der Waals surface area contributed by atoms with Gasteiger partial charge in [-0.15, -0.1) is 5.10 Å². The molecule has 1 aliphatic rings. The third-order valence-corrected chi connectivity index (χ3v) is 7.04. The molecule has 0 spiro atoms. The molecule has 0 bridgehead atoms. The van der Waals surface area contributed by atoms with E-state index in [1.54, 1.807) is 6.07 Å². The summed E-state index contributed by atoms with van der Waals surface area (Å²) in [5.74, 6) is -0.637. The van der Waals surface area contributed by atoms with Gasteiger partial charge in [-0.3, -0.25) is 0 Å². The van der Waals surface area contributed by atoms with Gasteiger partial charge in [0.15, 0.2) is 0 Å². The summed E-state index contributed by atoms with van der Waals surface area (Å²) in [6.07, 6.45) is 0.992. The second-order valence-corrected chi connectivity index (χ2v) is 9.83. The molecule has 0 aliphatic carbocycles. The van der Waals surface area contributed by atoms with E-state index in [1.165, 1.54) is 16.4 Å². The summed E-state index contributed by atoms with van der Waals surface area (Å²) in [6, 6.07) is 7.54. The highest BCUT2D eigenvalue weighted by molar-refractivity contribution is 7.89. The quantitative estimate of drug-likeness (QED) is 0.615. The Bertz CT molecular complexity index is 1170. The third-order valence-electron chi connectivity index (χ3n) is 5.21. The van der Waals surface area contributed by atoms with Crippen molar-refractivity contribution < 1.29 is 22.0 Å². The largest absolute Gasteiger partial charge is 0.390 e. The van der Waals surface area contributed by atoms with E-state index in [0.717, 1.165) is 29.5 Å². The van der Waals surface area contributed by atoms with Gasteiger partial charge in [0.05, 0.1) is 4.90 Å². The van der Waals surface area contributed by atoms with E-state index in [1.807, 2.05) is 13.8 Å². The van der Waals surface area contributed by atoms with Crippen LogP contribution in [0.15, 0.2) is 41.3 Å². The number of hydrogen-bond donors (Lipinski definition) is 0. The summed E-state index contributed by atoms with van der Waals surface area (Å²) < 4.78 is 55.0. The van der Waals surface area contributed by atoms with Crippen LogP contribution >= 0.6 is 0 Å². The van der Waals surface area contributed by atoms with E-state index in [2.05, 4.69) is 10.3 Å². The summed E-state index contributed by atoms with van der Waals surface area (Å²) >= 11 is 0. The molecular weight excluding hydrogens is 414 g/mol. The Morgan fingerprint density at radius 2 is 1.83 bits per heavy atom. The number of aromatic nitrogens is 3. The lowest BCUT2D eigenvalue weighted by Crippen LogP contribution is -2.42. The zero-order valence-corrected chi connectivity index (χ0v) is 17.4. The molecule has 0 amide bonds. The Balaban J connectivity index is 1.62. The van der Waals surface area contributed by atoms with Crippen molar-refractivity contribution in [3.05, 3.63) is 53.6 Å². The number of rotatable bonds is 5. The zero-order chi connectivity index (χ0) is 21.5. The molecule has 1 saturated heterocycles. The van der Waals surface area contributed by atoms with Crippen molar-refractivity contribution >= 4 is 21.1 Å². The van der Waals surface area contributed by atoms with Crippen LogP contribution < -0.4 is 4.84 Å². The minimum atomic E-state index is -3.69. The molecule has 160 valence electrons. The number of sulfonamides is 1. The highest BCUT2D eigenvalue weighted by Crippen LogP contribution is 2.28. The van der Waals surface area contributed by atoms with Crippen molar-refractivity contribution in [1.29, 1.82) is 0 Å². The molecule has 0 N–H and O–H groups in total. The van der Waals surface area contributed by atoms with Crippen molar-refractivity contribution in [3.8, 4) is 0 Å². The monoisotopic (exact) mass is 436 g/mol. The molecule has 2 aromatic carbocycles. The van der Waals surface area contributed by atoms with Gasteiger partial charge in [-0.05, 0) is 59.9 Å². The van der Waals surface area contributed by atoms with Crippen LogP contribution in [-0.4, -0.2) is 41.0 Å². The van der Waals surface area contributed by atoms with Crippen molar-refractivity contribution in [1.82, 2.24) is 19.5 Å². The normalized spacial score (nSPS) is 20.5. The van der Waals surface area contributed by atoms with Crippen LogP contribution in [0.1, 0.15) is 25.8 Å². The first-order valence-electron chi connectivity index (χ1n) is 9.67. The smallest absolute Gasteiger partial charge is 0.243 e. The highest BCUT2D eigenvalue weighted by atomic mass is 32.2. The molecule has 2 unspecified atom stereocenters. The van der Waals surface area contributed by atoms with Crippen LogP contribution in [0.4, 0.5) is 8.78 Å². The molecule has 3 aromatic rings. The molecule has 0 saturated carbocycles. The lowest BCUT2D eigenvalue weighted by Gasteiger charge is -2.34. The van der Waals surface area contributed by atoms with Crippen LogP contribution in [0.5, 0.6) is 0 Å². The molecule has 1 fully saturated rings. The Morgan fingerprint density at radius 3 is 2.57 bits per heavy atom. The maximum absolute atomic E-state index is 13.8. The van der Waals surface area contributed by atoms with Crippen LogP contribution in [0, 0.1) is 23.5 Å². The fourth-order valence-electron chi connectivity index (χ4n) is 3.87. The Labute approximate surface area is 173 Å². The number of nitrogens with zero attached hydrogens (tertiary/aromatic N) is 4. The Kier molecular flexibility index (Phi) is 5.46. The molecule has 2 heterocycles. The fraction of sp³-hybridized carbons (Fsp3) is 0.400. The van der Waals surface area contributed by atoms with Gasteiger partial charge in [0.2, 0.25) is 10.0 Å². The van der Waals surface area contributed by atoms with E-state index in [0.29, 0.717) is 24.1 Å².